The van der Waals surface area contributed by atoms with Gasteiger partial charge in [0.1, 0.15) is 0 Å². The number of hydrogen-bond donors (Lipinski definition) is 2. The molecule has 0 saturated carbocycles. The minimum atomic E-state index is -0.181. The molecule has 1 rings (SSSR count). The zero-order valence-corrected chi connectivity index (χ0v) is 10.4. The largest absolute Gasteiger partial charge is 0.358 e. The highest BCUT2D eigenvalue weighted by Crippen LogP contribution is 2.16. The summed E-state index contributed by atoms with van der Waals surface area (Å²) < 4.78 is 0. The van der Waals surface area contributed by atoms with Crippen molar-refractivity contribution in [3.63, 3.8) is 0 Å². The minimum Gasteiger partial charge on any atom is -0.358 e. The lowest BCUT2D eigenvalue weighted by Crippen LogP contribution is -2.41. The van der Waals surface area contributed by atoms with E-state index in [2.05, 4.69) is 36.6 Å². The van der Waals surface area contributed by atoms with E-state index in [0.29, 0.717) is 0 Å². The molecule has 0 aliphatic carbocycles. The van der Waals surface area contributed by atoms with Crippen molar-refractivity contribution in [3.05, 3.63) is 35.4 Å². The van der Waals surface area contributed by atoms with Gasteiger partial charge in [0.15, 0.2) is 0 Å². The van der Waals surface area contributed by atoms with E-state index < -0.39 is 0 Å². The van der Waals surface area contributed by atoms with Crippen molar-refractivity contribution in [1.82, 2.24) is 10.6 Å². The Morgan fingerprint density at radius 1 is 1.25 bits per heavy atom. The number of rotatable bonds is 4. The molecule has 0 radical (unpaired) electrons. The lowest BCUT2D eigenvalue weighted by Gasteiger charge is -2.20. The topological polar surface area (TPSA) is 41.1 Å². The van der Waals surface area contributed by atoms with Gasteiger partial charge in [0.25, 0.3) is 0 Å². The van der Waals surface area contributed by atoms with Crippen LogP contribution in [-0.4, -0.2) is 19.0 Å². The van der Waals surface area contributed by atoms with E-state index in [1.807, 2.05) is 19.1 Å². The fourth-order valence-corrected chi connectivity index (χ4v) is 1.83. The van der Waals surface area contributed by atoms with Crippen LogP contribution in [0.5, 0.6) is 0 Å². The van der Waals surface area contributed by atoms with Crippen LogP contribution in [0.25, 0.3) is 0 Å². The van der Waals surface area contributed by atoms with E-state index in [-0.39, 0.29) is 18.0 Å². The van der Waals surface area contributed by atoms with Crippen LogP contribution < -0.4 is 10.6 Å². The van der Waals surface area contributed by atoms with Crippen LogP contribution in [0, 0.1) is 6.92 Å². The summed E-state index contributed by atoms with van der Waals surface area (Å²) in [6.45, 7) is 6.02. The predicted molar refractivity (Wildman–Crippen MR) is 66.3 cm³/mol. The number of carbonyl (C=O) groups excluding carboxylic acids is 1. The maximum Gasteiger partial charge on any atom is 0.236 e. The van der Waals surface area contributed by atoms with E-state index >= 15 is 0 Å². The van der Waals surface area contributed by atoms with Gasteiger partial charge in [-0.25, -0.2) is 0 Å². The van der Waals surface area contributed by atoms with Gasteiger partial charge in [-0.2, -0.15) is 0 Å². The third-order valence-corrected chi connectivity index (χ3v) is 2.79. The number of hydrogen-bond acceptors (Lipinski definition) is 2. The second-order valence-corrected chi connectivity index (χ2v) is 4.08. The minimum absolute atomic E-state index is 0.0143. The van der Waals surface area contributed by atoms with E-state index in [0.717, 1.165) is 0 Å². The molecule has 0 aliphatic rings. The molecule has 0 heterocycles. The number of likely N-dealkylation sites (N-methyl/N-ethyl adjacent to an activating group) is 1. The Bertz CT molecular complexity index is 363. The summed E-state index contributed by atoms with van der Waals surface area (Å²) in [4.78, 5) is 11.4. The molecule has 0 bridgehead atoms. The van der Waals surface area contributed by atoms with Gasteiger partial charge in [-0.3, -0.25) is 10.1 Å². The molecule has 2 atom stereocenters. The second kappa shape index (κ2) is 5.66. The molecule has 0 saturated heterocycles. The number of carbonyl (C=O) groups is 1. The van der Waals surface area contributed by atoms with Gasteiger partial charge < -0.3 is 5.32 Å². The summed E-state index contributed by atoms with van der Waals surface area (Å²) in [6, 6.07) is 8.20. The third-order valence-electron chi connectivity index (χ3n) is 2.79. The molecular formula is C13H20N2O. The van der Waals surface area contributed by atoms with Crippen LogP contribution in [0.15, 0.2) is 24.3 Å². The van der Waals surface area contributed by atoms with Crippen molar-refractivity contribution in [2.75, 3.05) is 7.05 Å². The van der Waals surface area contributed by atoms with E-state index in [4.69, 9.17) is 0 Å². The quantitative estimate of drug-likeness (QED) is 0.812. The first-order valence-electron chi connectivity index (χ1n) is 5.59. The molecule has 1 unspecified atom stereocenters. The summed E-state index contributed by atoms with van der Waals surface area (Å²) in [7, 11) is 1.65. The Kier molecular flexibility index (Phi) is 4.50. The molecule has 0 fully saturated rings. The predicted octanol–water partition coefficient (Wildman–Crippen LogP) is 1.78. The number of aryl methyl sites for hydroxylation is 1. The van der Waals surface area contributed by atoms with Crippen LogP contribution in [0.3, 0.4) is 0 Å². The normalized spacial score (nSPS) is 14.2. The zero-order valence-electron chi connectivity index (χ0n) is 10.4. The van der Waals surface area contributed by atoms with Gasteiger partial charge in [0, 0.05) is 13.1 Å². The maximum atomic E-state index is 11.4. The summed E-state index contributed by atoms with van der Waals surface area (Å²) in [6.07, 6.45) is 0. The Morgan fingerprint density at radius 2 is 1.88 bits per heavy atom. The molecule has 0 aromatic heterocycles. The smallest absolute Gasteiger partial charge is 0.236 e. The zero-order chi connectivity index (χ0) is 12.1. The molecule has 2 N–H and O–H groups in total. The second-order valence-electron chi connectivity index (χ2n) is 4.08. The Balaban J connectivity index is 2.69. The van der Waals surface area contributed by atoms with Crippen LogP contribution in [0.4, 0.5) is 0 Å². The van der Waals surface area contributed by atoms with E-state index in [9.17, 15) is 4.79 Å². The molecule has 16 heavy (non-hydrogen) atoms. The lowest BCUT2D eigenvalue weighted by atomic mass is 10.0. The summed E-state index contributed by atoms with van der Waals surface area (Å²) in [5, 5.41) is 5.91. The molecule has 1 aromatic carbocycles. The van der Waals surface area contributed by atoms with Gasteiger partial charge in [0.05, 0.1) is 6.04 Å². The van der Waals surface area contributed by atoms with Gasteiger partial charge in [0.2, 0.25) is 5.91 Å². The van der Waals surface area contributed by atoms with E-state index in [1.165, 1.54) is 11.1 Å². The van der Waals surface area contributed by atoms with E-state index in [1.54, 1.807) is 7.05 Å². The highest BCUT2D eigenvalue weighted by atomic mass is 16.2. The third kappa shape index (κ3) is 3.07. The average molecular weight is 220 g/mol. The van der Waals surface area contributed by atoms with Crippen LogP contribution in [-0.2, 0) is 4.79 Å². The molecule has 88 valence electrons. The fraction of sp³-hybridized carbons (Fsp3) is 0.462. The Labute approximate surface area is 97.2 Å². The molecular weight excluding hydrogens is 200 g/mol. The first kappa shape index (κ1) is 12.7. The molecule has 1 aromatic rings. The Hall–Kier alpha value is -1.35. The van der Waals surface area contributed by atoms with Crippen molar-refractivity contribution < 1.29 is 4.79 Å². The van der Waals surface area contributed by atoms with Gasteiger partial charge in [-0.15, -0.1) is 0 Å². The lowest BCUT2D eigenvalue weighted by molar-refractivity contribution is -0.122. The fourth-order valence-electron chi connectivity index (χ4n) is 1.83. The van der Waals surface area contributed by atoms with Crippen molar-refractivity contribution >= 4 is 5.91 Å². The highest BCUT2D eigenvalue weighted by molar-refractivity contribution is 5.80. The molecule has 3 heteroatoms. The van der Waals surface area contributed by atoms with Gasteiger partial charge in [-0.05, 0) is 31.9 Å². The number of amides is 1. The van der Waals surface area contributed by atoms with Crippen molar-refractivity contribution in [2.24, 2.45) is 0 Å². The maximum absolute atomic E-state index is 11.4. The SMILES string of the molecule is CNC(=O)[C@@H](C)NC(C)c1ccccc1C. The van der Waals surface area contributed by atoms with Gasteiger partial charge in [-0.1, -0.05) is 24.3 Å². The van der Waals surface area contributed by atoms with Crippen LogP contribution in [0.2, 0.25) is 0 Å². The standard InChI is InChI=1S/C13H20N2O/c1-9-7-5-6-8-12(9)10(2)15-11(3)13(16)14-4/h5-8,10-11,15H,1-4H3,(H,14,16)/t10?,11-/m1/s1. The first-order chi connectivity index (χ1) is 7.56. The highest BCUT2D eigenvalue weighted by Gasteiger charge is 2.15. The monoisotopic (exact) mass is 220 g/mol. The summed E-state index contributed by atoms with van der Waals surface area (Å²) >= 11 is 0. The number of nitrogens with one attached hydrogen (secondary N) is 2. The molecule has 3 nitrogen and oxygen atoms in total. The van der Waals surface area contributed by atoms with Crippen molar-refractivity contribution in [3.8, 4) is 0 Å². The Morgan fingerprint density at radius 3 is 2.44 bits per heavy atom. The van der Waals surface area contributed by atoms with Crippen LogP contribution >= 0.6 is 0 Å². The van der Waals surface area contributed by atoms with Gasteiger partial charge >= 0.3 is 0 Å². The molecule has 0 aliphatic heterocycles. The summed E-state index contributed by atoms with van der Waals surface area (Å²) in [5.74, 6) is 0.0143. The van der Waals surface area contributed by atoms with Crippen molar-refractivity contribution in [2.45, 2.75) is 32.9 Å². The molecule has 1 amide bonds. The number of benzene rings is 1. The first-order valence-corrected chi connectivity index (χ1v) is 5.59. The average Bonchev–Trinajstić information content (AvgIpc) is 2.28. The summed E-state index contributed by atoms with van der Waals surface area (Å²) in [5.41, 5.74) is 2.48. The van der Waals surface area contributed by atoms with Crippen LogP contribution in [0.1, 0.15) is 31.0 Å². The van der Waals surface area contributed by atoms with Crippen molar-refractivity contribution in [1.29, 1.82) is 0 Å². The molecule has 0 spiro atoms.